The summed E-state index contributed by atoms with van der Waals surface area (Å²) in [6.07, 6.45) is 22.3. The number of nitrogens with zero attached hydrogens (tertiary/aromatic N) is 20. The number of aromatic amines is 2. The van der Waals surface area contributed by atoms with E-state index in [1.165, 1.54) is 147 Å². The molecule has 1 saturated carbocycles. The molecule has 0 radical (unpaired) electrons. The number of ether oxygens (including phenoxy) is 3. The number of likely N-dealkylation sites (tertiary alicyclic amines) is 2. The normalized spacial score (nSPS) is 16.5. The molecule has 20 rings (SSSR count). The SMILES string of the molecule is CC(C)(C)OC(=O)N1CCC(O)(Cn2cnc3c(cnn3-c3ccc(F)cc3)c2=O)CC1.CC(C)(C)OC(=O)N1CCC2(CC1)CO2.Clc1ncnc2[nH]ncc12.Fc1ccc(-n2ncc3c(Cl)ncnc32)cc1.Fc1ccc(I)cc1.N[C@H]1CCCC[C@@H]1N.O=c1[nH]cnc2c1cnn2-c1ccc(F)cc1.O=c1c2cnn(-c3ccc(F)cc3)c2ncn1CC1(O)CCNCC1. The third-order valence-corrected chi connectivity index (χ3v) is 23.0. The lowest BCUT2D eigenvalue weighted by atomic mass is 9.91. The largest absolute Gasteiger partial charge is 0.444 e. The van der Waals surface area contributed by atoms with Crippen LogP contribution in [0.1, 0.15) is 106 Å². The molecule has 35 nitrogen and oxygen atoms in total. The minimum atomic E-state index is -1.15. The molecule has 2 atom stereocenters. The molecule has 0 bridgehead atoms. The van der Waals surface area contributed by atoms with Crippen LogP contribution in [0, 0.1) is 32.7 Å². The van der Waals surface area contributed by atoms with Gasteiger partial charge in [0, 0.05) is 41.8 Å². The number of amides is 2. The molecule has 1 aliphatic carbocycles. The molecule has 5 fully saturated rings. The Bertz CT molecular complexity index is 6570. The number of piperidine rings is 3. The van der Waals surface area contributed by atoms with Gasteiger partial charge in [-0.25, -0.2) is 85.2 Å². The smallest absolute Gasteiger partial charge is 0.410 e. The van der Waals surface area contributed by atoms with Crippen molar-refractivity contribution in [3.8, 4) is 22.7 Å². The van der Waals surface area contributed by atoms with Crippen LogP contribution in [0.25, 0.3) is 77.9 Å². The summed E-state index contributed by atoms with van der Waals surface area (Å²) < 4.78 is 90.0. The summed E-state index contributed by atoms with van der Waals surface area (Å²) in [6, 6.07) is 30.2. The Balaban J connectivity index is 0.000000134. The molecule has 5 aliphatic rings. The van der Waals surface area contributed by atoms with Gasteiger partial charge in [0.25, 0.3) is 16.7 Å². The van der Waals surface area contributed by atoms with Crippen LogP contribution in [0.3, 0.4) is 0 Å². The second-order valence-electron chi connectivity index (χ2n) is 33.8. The lowest BCUT2D eigenvalue weighted by Crippen LogP contribution is -2.50. The van der Waals surface area contributed by atoms with Crippen molar-refractivity contribution in [2.45, 2.75) is 159 Å². The van der Waals surface area contributed by atoms with E-state index in [1.807, 2.05) is 20.8 Å². The Kier molecular flexibility index (Phi) is 31.5. The average molecular weight is 1970 g/mol. The quantitative estimate of drug-likeness (QED) is 0.0321. The topological polar surface area (TPSA) is 443 Å². The number of fused-ring (bicyclic) bond motifs is 5. The van der Waals surface area contributed by atoms with E-state index in [9.17, 15) is 56.1 Å². The molecule has 10 aromatic heterocycles. The number of H-pyrrole nitrogens is 2. The summed E-state index contributed by atoms with van der Waals surface area (Å²) in [4.78, 5) is 95.3. The molecule has 132 heavy (non-hydrogen) atoms. The Labute approximate surface area is 774 Å². The first kappa shape index (κ1) is 97.1. The van der Waals surface area contributed by atoms with Crippen LogP contribution in [0.4, 0.5) is 31.5 Å². The van der Waals surface area contributed by atoms with Crippen molar-refractivity contribution >= 4 is 113 Å². The number of epoxide rings is 1. The van der Waals surface area contributed by atoms with Gasteiger partial charge in [0.1, 0.15) is 92.1 Å². The number of hydrogen-bond acceptors (Lipinski definition) is 25. The molecule has 2 amide bonds. The lowest BCUT2D eigenvalue weighted by molar-refractivity contribution is -0.0420. The summed E-state index contributed by atoms with van der Waals surface area (Å²) in [7, 11) is 0. The van der Waals surface area contributed by atoms with Crippen LogP contribution in [0.15, 0.2) is 198 Å². The van der Waals surface area contributed by atoms with Crippen molar-refractivity contribution in [2.75, 3.05) is 45.9 Å². The van der Waals surface area contributed by atoms with Crippen LogP contribution in [-0.4, -0.2) is 216 Å². The zero-order valence-electron chi connectivity index (χ0n) is 72.7. The molecule has 4 aliphatic heterocycles. The van der Waals surface area contributed by atoms with E-state index in [0.717, 1.165) is 73.1 Å². The van der Waals surface area contributed by atoms with Crippen LogP contribution in [-0.2, 0) is 27.3 Å². The third kappa shape index (κ3) is 25.6. The van der Waals surface area contributed by atoms with E-state index in [0.29, 0.717) is 116 Å². The van der Waals surface area contributed by atoms with E-state index < -0.39 is 28.5 Å². The summed E-state index contributed by atoms with van der Waals surface area (Å²) >= 11 is 13.7. The van der Waals surface area contributed by atoms with Crippen molar-refractivity contribution in [3.63, 3.8) is 0 Å². The van der Waals surface area contributed by atoms with Crippen LogP contribution in [0.2, 0.25) is 10.3 Å². The minimum Gasteiger partial charge on any atom is -0.444 e. The van der Waals surface area contributed by atoms with Crippen molar-refractivity contribution in [3.05, 3.63) is 258 Å². The van der Waals surface area contributed by atoms with Gasteiger partial charge >= 0.3 is 12.2 Å². The van der Waals surface area contributed by atoms with Gasteiger partial charge in [0.05, 0.1) is 107 Å². The van der Waals surface area contributed by atoms with Crippen molar-refractivity contribution < 1.29 is 56.0 Å². The third-order valence-electron chi connectivity index (χ3n) is 21.6. The fraction of sp³-hybridized carbons (Fsp3) is 0.360. The van der Waals surface area contributed by atoms with Gasteiger partial charge in [-0.15, -0.1) is 0 Å². The fourth-order valence-corrected chi connectivity index (χ4v) is 15.0. The standard InChI is InChI=1S/C22H26FN5O4.C17H18FN5O2.C11H6ClFN4.C11H7FN4O.C11H19NO3.C6H4FI.C6H14N2.C5H3ClN4/c1-21(2,3)32-20(30)26-10-8-22(31,9-11-26)13-27-14-24-18-17(19(27)29)12-25-28(18)16-6-4-15(23)5-7-16;18-12-1-3-13(4-2-12)23-15-14(9-21-23)16(24)22(11-20-15)10-17(25)5-7-19-8-6-17;12-10-9-5-16-17(11(9)15-6-14-10)8-3-1-7(13)2-4-8;12-7-1-3-8(4-2-7)16-10-9(5-15-16)11(17)14-6-13-10;1-10(2,3)15-9(13)12-6-4-11(5-7-12)8-14-11;7-5-1-3-6(8)4-2-5;7-5-3-1-2-4-6(5)8;6-4-3-1-9-10-5(3)8-2-7-4/h4-7,12,14,31H,8-11,13H2,1-3H3;1-4,9,11,19,25H,5-8,10H2;1-6H;1-6H,(H,13,14,17);4-8H2,1-3H3;1-4H;5-6H,1-4,7-8H2;1-2H,(H,7,8,9,10)/t;;;;;;5-,6-;/m......0./s1. The van der Waals surface area contributed by atoms with Crippen molar-refractivity contribution in [2.24, 2.45) is 11.5 Å². The maximum Gasteiger partial charge on any atom is 0.410 e. The second kappa shape index (κ2) is 42.8. The van der Waals surface area contributed by atoms with E-state index in [2.05, 4.69) is 98.4 Å². The Morgan fingerprint density at radius 3 is 1.25 bits per heavy atom. The molecule has 694 valence electrons. The Hall–Kier alpha value is -12.5. The summed E-state index contributed by atoms with van der Waals surface area (Å²) in [5.74, 6) is -1.50. The molecule has 5 aromatic carbocycles. The number of halogens is 8. The highest BCUT2D eigenvalue weighted by atomic mass is 127. The summed E-state index contributed by atoms with van der Waals surface area (Å²) in [5, 5.41) is 51.2. The van der Waals surface area contributed by atoms with E-state index in [4.69, 9.17) is 48.9 Å². The number of carbonyl (C=O) groups excluding carboxylic acids is 2. The predicted molar refractivity (Wildman–Crippen MR) is 492 cm³/mol. The zero-order chi connectivity index (χ0) is 94.2. The molecule has 43 heteroatoms. The molecule has 4 saturated heterocycles. The monoisotopic (exact) mass is 1970 g/mol. The Morgan fingerprint density at radius 1 is 0.492 bits per heavy atom. The van der Waals surface area contributed by atoms with E-state index in [1.54, 1.807) is 108 Å². The maximum atomic E-state index is 13.2. The number of rotatable bonds is 8. The van der Waals surface area contributed by atoms with E-state index in [-0.39, 0.29) is 82.6 Å². The molecular weight excluding hydrogens is 1870 g/mol. The van der Waals surface area contributed by atoms with Gasteiger partial charge in [0.15, 0.2) is 28.2 Å². The molecule has 1 spiro atoms. The number of hydrogen-bond donors (Lipinski definition) is 7. The summed E-state index contributed by atoms with van der Waals surface area (Å²) in [6.45, 7) is 15.8. The van der Waals surface area contributed by atoms with E-state index >= 15 is 0 Å². The zero-order valence-corrected chi connectivity index (χ0v) is 76.4. The predicted octanol–water partition coefficient (Wildman–Crippen LogP) is 12.6. The average Bonchev–Trinajstić information content (AvgIpc) is 1.62. The lowest BCUT2D eigenvalue weighted by Gasteiger charge is -2.38. The van der Waals surface area contributed by atoms with Gasteiger partial charge < -0.3 is 56.0 Å². The number of aliphatic hydroxyl groups is 2. The number of carbonyl (C=O) groups is 2. The minimum absolute atomic E-state index is 0.0542. The van der Waals surface area contributed by atoms with Crippen molar-refractivity contribution in [1.29, 1.82) is 0 Å². The molecule has 15 aromatic rings. The number of nitrogens with two attached hydrogens (primary N) is 2. The highest BCUT2D eigenvalue weighted by Gasteiger charge is 2.48. The van der Waals surface area contributed by atoms with Crippen LogP contribution < -0.4 is 33.5 Å². The molecule has 9 N–H and O–H groups in total. The number of nitrogens with one attached hydrogen (secondary N) is 3. The van der Waals surface area contributed by atoms with Gasteiger partial charge in [0.2, 0.25) is 0 Å². The van der Waals surface area contributed by atoms with Gasteiger partial charge in [-0.2, -0.15) is 25.5 Å². The number of benzene rings is 5. The first-order chi connectivity index (χ1) is 63.0. The first-order valence-corrected chi connectivity index (χ1v) is 44.0. The maximum absolute atomic E-state index is 13.2. The Morgan fingerprint density at radius 2 is 0.856 bits per heavy atom. The molecular formula is C89H97Cl2F5IN25O10. The second-order valence-corrected chi connectivity index (χ2v) is 35.7. The van der Waals surface area contributed by atoms with Gasteiger partial charge in [-0.3, -0.25) is 28.6 Å². The fourth-order valence-electron chi connectivity index (χ4n) is 14.3. The van der Waals surface area contributed by atoms with Crippen molar-refractivity contribution in [1.82, 2.24) is 113 Å². The van der Waals surface area contributed by atoms with Crippen LogP contribution >= 0.6 is 45.8 Å². The highest BCUT2D eigenvalue weighted by Crippen LogP contribution is 2.38. The van der Waals surface area contributed by atoms with Gasteiger partial charge in [-0.05, 0) is 250 Å². The van der Waals surface area contributed by atoms with Gasteiger partial charge in [-0.1, -0.05) is 36.0 Å². The summed E-state index contributed by atoms with van der Waals surface area (Å²) in [5.41, 5.74) is 12.6. The number of aromatic nitrogens is 20. The highest BCUT2D eigenvalue weighted by molar-refractivity contribution is 14.1. The molecule has 14 heterocycles. The first-order valence-electron chi connectivity index (χ1n) is 42.1. The van der Waals surface area contributed by atoms with Crippen LogP contribution in [0.5, 0.6) is 0 Å². The molecule has 0 unspecified atom stereocenters.